The van der Waals surface area contributed by atoms with E-state index in [2.05, 4.69) is 19.2 Å². The number of hydrogen-bond acceptors (Lipinski definition) is 3. The number of rotatable bonds is 7. The third-order valence-electron chi connectivity index (χ3n) is 3.19. The third-order valence-corrected chi connectivity index (χ3v) is 3.19. The number of benzene rings is 1. The van der Waals surface area contributed by atoms with E-state index in [4.69, 9.17) is 4.74 Å². The van der Waals surface area contributed by atoms with Crippen molar-refractivity contribution < 1.29 is 9.84 Å². The summed E-state index contributed by atoms with van der Waals surface area (Å²) in [5.41, 5.74) is 0.885. The van der Waals surface area contributed by atoms with Crippen LogP contribution in [-0.4, -0.2) is 18.8 Å². The highest BCUT2D eigenvalue weighted by molar-refractivity contribution is 5.39. The van der Waals surface area contributed by atoms with Crippen LogP contribution in [0.1, 0.15) is 32.3 Å². The maximum atomic E-state index is 9.71. The van der Waals surface area contributed by atoms with Crippen molar-refractivity contribution in [3.05, 3.63) is 23.8 Å². The number of methoxy groups -OCH3 is 1. The predicted molar refractivity (Wildman–Crippen MR) is 70.4 cm³/mol. The van der Waals surface area contributed by atoms with Gasteiger partial charge in [0.25, 0.3) is 0 Å². The van der Waals surface area contributed by atoms with Gasteiger partial charge in [0.1, 0.15) is 11.5 Å². The Hall–Kier alpha value is -1.22. The molecule has 0 aliphatic heterocycles. The lowest BCUT2D eigenvalue weighted by Crippen LogP contribution is -2.21. The Morgan fingerprint density at radius 1 is 1.29 bits per heavy atom. The highest BCUT2D eigenvalue weighted by Gasteiger charge is 2.05. The normalized spacial score (nSPS) is 10.8. The van der Waals surface area contributed by atoms with E-state index in [9.17, 15) is 5.11 Å². The number of aromatic hydroxyl groups is 1. The first-order valence-electron chi connectivity index (χ1n) is 6.27. The molecule has 1 rings (SSSR count). The van der Waals surface area contributed by atoms with Crippen LogP contribution in [0.5, 0.6) is 11.5 Å². The fraction of sp³-hybridized carbons (Fsp3) is 0.571. The number of nitrogens with one attached hydrogen (secondary N) is 1. The molecule has 0 atom stereocenters. The SMILES string of the molecule is CCC(CC)CNCc1cc(OC)ccc1O. The van der Waals surface area contributed by atoms with Gasteiger partial charge in [0.2, 0.25) is 0 Å². The molecular weight excluding hydrogens is 214 g/mol. The first-order chi connectivity index (χ1) is 8.21. The van der Waals surface area contributed by atoms with Gasteiger partial charge in [-0.1, -0.05) is 26.7 Å². The highest BCUT2D eigenvalue weighted by Crippen LogP contribution is 2.22. The number of phenolic OH excluding ortho intramolecular Hbond substituents is 1. The molecular formula is C14H23NO2. The maximum absolute atomic E-state index is 9.71. The highest BCUT2D eigenvalue weighted by atomic mass is 16.5. The molecule has 0 amide bonds. The fourth-order valence-corrected chi connectivity index (χ4v) is 1.82. The van der Waals surface area contributed by atoms with Crippen molar-refractivity contribution in [1.29, 1.82) is 0 Å². The Labute approximate surface area is 104 Å². The summed E-state index contributed by atoms with van der Waals surface area (Å²) < 4.78 is 5.14. The predicted octanol–water partition coefficient (Wildman–Crippen LogP) is 2.93. The van der Waals surface area contributed by atoms with E-state index < -0.39 is 0 Å². The molecule has 0 radical (unpaired) electrons. The zero-order valence-electron chi connectivity index (χ0n) is 11.0. The van der Waals surface area contributed by atoms with Gasteiger partial charge in [0.05, 0.1) is 7.11 Å². The lowest BCUT2D eigenvalue weighted by molar-refractivity contribution is 0.408. The van der Waals surface area contributed by atoms with E-state index >= 15 is 0 Å². The van der Waals surface area contributed by atoms with Crippen LogP contribution in [0.3, 0.4) is 0 Å². The zero-order valence-corrected chi connectivity index (χ0v) is 11.0. The van der Waals surface area contributed by atoms with Crippen molar-refractivity contribution in [2.24, 2.45) is 5.92 Å². The van der Waals surface area contributed by atoms with E-state index in [-0.39, 0.29) is 0 Å². The summed E-state index contributed by atoms with van der Waals surface area (Å²) in [5.74, 6) is 1.81. The molecule has 0 aromatic heterocycles. The molecule has 0 spiro atoms. The standard InChI is InChI=1S/C14H23NO2/c1-4-11(5-2)9-15-10-12-8-13(17-3)6-7-14(12)16/h6-8,11,15-16H,4-5,9-10H2,1-3H3. The zero-order chi connectivity index (χ0) is 12.7. The molecule has 0 saturated carbocycles. The van der Waals surface area contributed by atoms with Crippen molar-refractivity contribution in [2.45, 2.75) is 33.2 Å². The second-order valence-corrected chi connectivity index (χ2v) is 4.31. The Morgan fingerprint density at radius 3 is 2.59 bits per heavy atom. The maximum Gasteiger partial charge on any atom is 0.120 e. The number of hydrogen-bond donors (Lipinski definition) is 2. The Morgan fingerprint density at radius 2 is 2.00 bits per heavy atom. The summed E-state index contributed by atoms with van der Waals surface area (Å²) in [6, 6.07) is 5.31. The molecule has 17 heavy (non-hydrogen) atoms. The molecule has 3 nitrogen and oxygen atoms in total. The van der Waals surface area contributed by atoms with Gasteiger partial charge in [-0.15, -0.1) is 0 Å². The minimum Gasteiger partial charge on any atom is -0.508 e. The molecule has 1 aromatic carbocycles. The first kappa shape index (κ1) is 13.8. The summed E-state index contributed by atoms with van der Waals surface area (Å²) in [6.45, 7) is 6.08. The van der Waals surface area contributed by atoms with Crippen molar-refractivity contribution in [3.63, 3.8) is 0 Å². The van der Waals surface area contributed by atoms with Gasteiger partial charge in [0.15, 0.2) is 0 Å². The van der Waals surface area contributed by atoms with Crippen molar-refractivity contribution >= 4 is 0 Å². The van der Waals surface area contributed by atoms with Gasteiger partial charge >= 0.3 is 0 Å². The molecule has 0 aliphatic rings. The van der Waals surface area contributed by atoms with E-state index in [1.165, 1.54) is 12.8 Å². The van der Waals surface area contributed by atoms with E-state index in [0.29, 0.717) is 18.2 Å². The Bertz CT molecular complexity index is 335. The van der Waals surface area contributed by atoms with Crippen molar-refractivity contribution in [3.8, 4) is 11.5 Å². The fourth-order valence-electron chi connectivity index (χ4n) is 1.82. The van der Waals surface area contributed by atoms with Gasteiger partial charge in [-0.3, -0.25) is 0 Å². The summed E-state index contributed by atoms with van der Waals surface area (Å²) in [5, 5.41) is 13.1. The van der Waals surface area contributed by atoms with Crippen molar-refractivity contribution in [2.75, 3.05) is 13.7 Å². The van der Waals surface area contributed by atoms with Gasteiger partial charge in [-0.25, -0.2) is 0 Å². The first-order valence-corrected chi connectivity index (χ1v) is 6.27. The van der Waals surface area contributed by atoms with Crippen LogP contribution < -0.4 is 10.1 Å². The molecule has 0 fully saturated rings. The Balaban J connectivity index is 2.50. The van der Waals surface area contributed by atoms with E-state index in [1.54, 1.807) is 19.2 Å². The quantitative estimate of drug-likeness (QED) is 0.766. The van der Waals surface area contributed by atoms with Gasteiger partial charge in [0, 0.05) is 12.1 Å². The Kier molecular flexibility index (Phi) is 5.84. The number of phenols is 1. The van der Waals surface area contributed by atoms with Crippen LogP contribution in [0.2, 0.25) is 0 Å². The van der Waals surface area contributed by atoms with E-state index in [0.717, 1.165) is 17.9 Å². The molecule has 96 valence electrons. The van der Waals surface area contributed by atoms with Crippen LogP contribution in [-0.2, 0) is 6.54 Å². The van der Waals surface area contributed by atoms with Gasteiger partial charge < -0.3 is 15.2 Å². The van der Waals surface area contributed by atoms with E-state index in [1.807, 2.05) is 6.07 Å². The van der Waals surface area contributed by atoms with Gasteiger partial charge in [-0.2, -0.15) is 0 Å². The lowest BCUT2D eigenvalue weighted by atomic mass is 10.0. The molecule has 0 heterocycles. The summed E-state index contributed by atoms with van der Waals surface area (Å²) in [4.78, 5) is 0. The summed E-state index contributed by atoms with van der Waals surface area (Å²) >= 11 is 0. The molecule has 0 aliphatic carbocycles. The largest absolute Gasteiger partial charge is 0.508 e. The number of ether oxygens (including phenoxy) is 1. The monoisotopic (exact) mass is 237 g/mol. The second-order valence-electron chi connectivity index (χ2n) is 4.31. The topological polar surface area (TPSA) is 41.5 Å². The third kappa shape index (κ3) is 4.27. The van der Waals surface area contributed by atoms with Crippen LogP contribution in [0.4, 0.5) is 0 Å². The smallest absolute Gasteiger partial charge is 0.120 e. The summed E-state index contributed by atoms with van der Waals surface area (Å²) in [6.07, 6.45) is 2.38. The molecule has 0 unspecified atom stereocenters. The van der Waals surface area contributed by atoms with Crippen LogP contribution in [0, 0.1) is 5.92 Å². The van der Waals surface area contributed by atoms with Gasteiger partial charge in [-0.05, 0) is 30.7 Å². The van der Waals surface area contributed by atoms with Crippen LogP contribution in [0.15, 0.2) is 18.2 Å². The van der Waals surface area contributed by atoms with Crippen molar-refractivity contribution in [1.82, 2.24) is 5.32 Å². The molecule has 3 heteroatoms. The minimum absolute atomic E-state index is 0.322. The average molecular weight is 237 g/mol. The van der Waals surface area contributed by atoms with Crippen LogP contribution in [0.25, 0.3) is 0 Å². The lowest BCUT2D eigenvalue weighted by Gasteiger charge is -2.14. The average Bonchev–Trinajstić information content (AvgIpc) is 2.36. The molecule has 0 bridgehead atoms. The molecule has 1 aromatic rings. The summed E-state index contributed by atoms with van der Waals surface area (Å²) in [7, 11) is 1.63. The second kappa shape index (κ2) is 7.17. The minimum atomic E-state index is 0.322. The van der Waals surface area contributed by atoms with Crippen LogP contribution >= 0.6 is 0 Å². The molecule has 0 saturated heterocycles. The molecule has 2 N–H and O–H groups in total.